The van der Waals surface area contributed by atoms with E-state index >= 15 is 0 Å². The maximum absolute atomic E-state index is 12.9. The highest BCUT2D eigenvalue weighted by molar-refractivity contribution is 7.20. The van der Waals surface area contributed by atoms with Crippen LogP contribution >= 0.6 is 11.3 Å². The third-order valence-electron chi connectivity index (χ3n) is 4.50. The third-order valence-corrected chi connectivity index (χ3v) is 5.65. The van der Waals surface area contributed by atoms with Crippen molar-refractivity contribution in [1.82, 2.24) is 9.78 Å². The Balaban J connectivity index is 1.60. The summed E-state index contributed by atoms with van der Waals surface area (Å²) in [5.41, 5.74) is 2.78. The molecule has 0 aliphatic carbocycles. The van der Waals surface area contributed by atoms with E-state index in [4.69, 9.17) is 4.74 Å². The average Bonchev–Trinajstić information content (AvgIpc) is 3.25. The predicted molar refractivity (Wildman–Crippen MR) is 118 cm³/mol. The summed E-state index contributed by atoms with van der Waals surface area (Å²) in [4.78, 5) is 14.6. The van der Waals surface area contributed by atoms with Crippen LogP contribution in [0.2, 0.25) is 0 Å². The second-order valence-corrected chi connectivity index (χ2v) is 8.21. The molecule has 0 unspecified atom stereocenters. The van der Waals surface area contributed by atoms with Gasteiger partial charge in [0, 0.05) is 5.39 Å². The van der Waals surface area contributed by atoms with E-state index in [9.17, 15) is 4.79 Å². The highest BCUT2D eigenvalue weighted by atomic mass is 32.1. The molecule has 0 fully saturated rings. The molecule has 1 N–H and O–H groups in total. The Bertz CT molecular complexity index is 1150. The van der Waals surface area contributed by atoms with Gasteiger partial charge in [0.2, 0.25) is 0 Å². The summed E-state index contributed by atoms with van der Waals surface area (Å²) in [5, 5.41) is 8.66. The lowest BCUT2D eigenvalue weighted by Gasteiger charge is -2.14. The van der Waals surface area contributed by atoms with Gasteiger partial charge in [0.15, 0.2) is 0 Å². The minimum atomic E-state index is -0.142. The molecule has 148 valence electrons. The molecule has 5 nitrogen and oxygen atoms in total. The minimum Gasteiger partial charge on any atom is -0.489 e. The van der Waals surface area contributed by atoms with Gasteiger partial charge in [-0.15, -0.1) is 11.3 Å². The zero-order chi connectivity index (χ0) is 20.4. The topological polar surface area (TPSA) is 56.2 Å². The van der Waals surface area contributed by atoms with Crippen LogP contribution < -0.4 is 10.1 Å². The van der Waals surface area contributed by atoms with Crippen LogP contribution in [-0.4, -0.2) is 21.8 Å². The van der Waals surface area contributed by atoms with Crippen LogP contribution in [0, 0.1) is 6.92 Å². The van der Waals surface area contributed by atoms with Gasteiger partial charge in [-0.3, -0.25) is 9.48 Å². The van der Waals surface area contributed by atoms with Gasteiger partial charge in [-0.25, -0.2) is 0 Å². The Kier molecular flexibility index (Phi) is 5.36. The monoisotopic (exact) mass is 405 g/mol. The molecule has 2 heterocycles. The second kappa shape index (κ2) is 8.09. The number of anilines is 1. The number of hydrogen-bond acceptors (Lipinski definition) is 4. The Morgan fingerprint density at radius 3 is 2.62 bits per heavy atom. The summed E-state index contributed by atoms with van der Waals surface area (Å²) >= 11 is 1.46. The average molecular weight is 406 g/mol. The number of hydrogen-bond donors (Lipinski definition) is 1. The van der Waals surface area contributed by atoms with Crippen molar-refractivity contribution in [2.24, 2.45) is 0 Å². The van der Waals surface area contributed by atoms with Gasteiger partial charge in [-0.1, -0.05) is 42.5 Å². The van der Waals surface area contributed by atoms with Crippen molar-refractivity contribution in [3.05, 3.63) is 76.8 Å². The second-order valence-electron chi connectivity index (χ2n) is 7.18. The fourth-order valence-electron chi connectivity index (χ4n) is 3.20. The van der Waals surface area contributed by atoms with Crippen LogP contribution in [0.1, 0.15) is 34.8 Å². The summed E-state index contributed by atoms with van der Waals surface area (Å²) in [6.45, 7) is 6.58. The number of carbonyl (C=O) groups is 1. The summed E-state index contributed by atoms with van der Waals surface area (Å²) < 4.78 is 7.77. The first kappa shape index (κ1) is 19.2. The highest BCUT2D eigenvalue weighted by Gasteiger charge is 2.18. The molecule has 4 rings (SSSR count). The standard InChI is InChI=1S/C23H23N3O2S/c1-15(2)28-20-12-8-7-11-19(20)24-22(27)21-13-18-16(3)25-26(23(18)29-21)14-17-9-5-4-6-10-17/h4-13,15H,14H2,1-3H3,(H,24,27). The molecule has 0 spiro atoms. The minimum absolute atomic E-state index is 0.0315. The molecule has 0 saturated carbocycles. The summed E-state index contributed by atoms with van der Waals surface area (Å²) in [6.07, 6.45) is 0.0315. The first-order chi connectivity index (χ1) is 14.0. The largest absolute Gasteiger partial charge is 0.489 e. The molecule has 0 radical (unpaired) electrons. The molecule has 0 aliphatic rings. The van der Waals surface area contributed by atoms with Crippen LogP contribution in [-0.2, 0) is 6.54 Å². The maximum atomic E-state index is 12.9. The van der Waals surface area contributed by atoms with E-state index in [1.165, 1.54) is 16.9 Å². The number of thiophene rings is 1. The van der Waals surface area contributed by atoms with Gasteiger partial charge in [0.05, 0.1) is 28.9 Å². The molecule has 0 atom stereocenters. The van der Waals surface area contributed by atoms with Gasteiger partial charge in [-0.2, -0.15) is 5.10 Å². The molecular weight excluding hydrogens is 382 g/mol. The molecule has 0 saturated heterocycles. The van der Waals surface area contributed by atoms with Crippen LogP contribution in [0.4, 0.5) is 5.69 Å². The molecular formula is C23H23N3O2S. The summed E-state index contributed by atoms with van der Waals surface area (Å²) in [6, 6.07) is 19.6. The molecule has 0 bridgehead atoms. The Morgan fingerprint density at radius 1 is 1.14 bits per heavy atom. The lowest BCUT2D eigenvalue weighted by atomic mass is 10.2. The number of para-hydroxylation sites is 2. The van der Waals surface area contributed by atoms with Crippen molar-refractivity contribution in [2.75, 3.05) is 5.32 Å². The van der Waals surface area contributed by atoms with Gasteiger partial charge < -0.3 is 10.1 Å². The van der Waals surface area contributed by atoms with Crippen LogP contribution in [0.3, 0.4) is 0 Å². The Morgan fingerprint density at radius 2 is 1.86 bits per heavy atom. The molecule has 1 amide bonds. The SMILES string of the molecule is Cc1nn(Cc2ccccc2)c2sc(C(=O)Nc3ccccc3OC(C)C)cc12. The molecule has 0 aliphatic heterocycles. The first-order valence-corrected chi connectivity index (χ1v) is 10.4. The Hall–Kier alpha value is -3.12. The number of rotatable bonds is 6. The fourth-order valence-corrected chi connectivity index (χ4v) is 4.25. The van der Waals surface area contributed by atoms with E-state index in [1.54, 1.807) is 0 Å². The number of fused-ring (bicyclic) bond motifs is 1. The van der Waals surface area contributed by atoms with Gasteiger partial charge in [-0.05, 0) is 44.5 Å². The molecule has 6 heteroatoms. The number of nitrogens with zero attached hydrogens (tertiary/aromatic N) is 2. The van der Waals surface area contributed by atoms with Crippen LogP contribution in [0.25, 0.3) is 10.2 Å². The third kappa shape index (κ3) is 4.17. The normalized spacial score (nSPS) is 11.2. The van der Waals surface area contributed by atoms with E-state index in [1.807, 2.05) is 74.0 Å². The quantitative estimate of drug-likeness (QED) is 0.461. The number of benzene rings is 2. The predicted octanol–water partition coefficient (Wildman–Crippen LogP) is 5.49. The summed E-state index contributed by atoms with van der Waals surface area (Å²) in [5.74, 6) is 0.528. The number of aryl methyl sites for hydroxylation is 1. The van der Waals surface area contributed by atoms with E-state index < -0.39 is 0 Å². The lowest BCUT2D eigenvalue weighted by Crippen LogP contribution is -2.13. The van der Waals surface area contributed by atoms with Crippen molar-refractivity contribution in [3.8, 4) is 5.75 Å². The zero-order valence-electron chi connectivity index (χ0n) is 16.7. The molecule has 2 aromatic carbocycles. The number of carbonyl (C=O) groups excluding carboxylic acids is 1. The van der Waals surface area contributed by atoms with E-state index in [0.717, 1.165) is 15.9 Å². The number of aromatic nitrogens is 2. The van der Waals surface area contributed by atoms with Crippen LogP contribution in [0.15, 0.2) is 60.7 Å². The lowest BCUT2D eigenvalue weighted by molar-refractivity contribution is 0.102. The van der Waals surface area contributed by atoms with Gasteiger partial charge in [0.1, 0.15) is 10.6 Å². The number of amides is 1. The summed E-state index contributed by atoms with van der Waals surface area (Å²) in [7, 11) is 0. The van der Waals surface area contributed by atoms with Gasteiger partial charge >= 0.3 is 0 Å². The van der Waals surface area contributed by atoms with Crippen molar-refractivity contribution < 1.29 is 9.53 Å². The van der Waals surface area contributed by atoms with E-state index in [2.05, 4.69) is 22.5 Å². The van der Waals surface area contributed by atoms with Crippen molar-refractivity contribution in [3.63, 3.8) is 0 Å². The van der Waals surface area contributed by atoms with Crippen molar-refractivity contribution in [1.29, 1.82) is 0 Å². The highest BCUT2D eigenvalue weighted by Crippen LogP contribution is 2.31. The number of ether oxygens (including phenoxy) is 1. The number of nitrogens with one attached hydrogen (secondary N) is 1. The van der Waals surface area contributed by atoms with Crippen LogP contribution in [0.5, 0.6) is 5.75 Å². The van der Waals surface area contributed by atoms with Gasteiger partial charge in [0.25, 0.3) is 5.91 Å². The van der Waals surface area contributed by atoms with E-state index in [-0.39, 0.29) is 12.0 Å². The zero-order valence-corrected chi connectivity index (χ0v) is 17.5. The van der Waals surface area contributed by atoms with E-state index in [0.29, 0.717) is 22.9 Å². The maximum Gasteiger partial charge on any atom is 0.265 e. The van der Waals surface area contributed by atoms with Crippen molar-refractivity contribution in [2.45, 2.75) is 33.4 Å². The molecule has 2 aromatic heterocycles. The molecule has 4 aromatic rings. The molecule has 29 heavy (non-hydrogen) atoms. The first-order valence-electron chi connectivity index (χ1n) is 9.59. The Labute approximate surface area is 173 Å². The fraction of sp³-hybridized carbons (Fsp3) is 0.217. The van der Waals surface area contributed by atoms with Crippen molar-refractivity contribution >= 4 is 33.1 Å². The smallest absolute Gasteiger partial charge is 0.265 e.